The maximum absolute atomic E-state index is 9.48. The lowest BCUT2D eigenvalue weighted by molar-refractivity contribution is 0.329. The van der Waals surface area contributed by atoms with Crippen molar-refractivity contribution >= 4 is 0 Å². The number of phenols is 1. The van der Waals surface area contributed by atoms with E-state index in [1.54, 1.807) is 12.1 Å². The molecule has 0 atom stereocenters. The van der Waals surface area contributed by atoms with Crippen molar-refractivity contribution in [3.8, 4) is 17.0 Å². The van der Waals surface area contributed by atoms with Gasteiger partial charge in [-0.25, -0.2) is 4.98 Å². The van der Waals surface area contributed by atoms with Crippen LogP contribution in [0.5, 0.6) is 5.75 Å². The van der Waals surface area contributed by atoms with E-state index in [1.165, 1.54) is 19.3 Å². The fourth-order valence-electron chi connectivity index (χ4n) is 2.17. The predicted octanol–water partition coefficient (Wildman–Crippen LogP) is 3.62. The fraction of sp³-hybridized carbons (Fsp3) is 0.357. The van der Waals surface area contributed by atoms with Gasteiger partial charge in [-0.2, -0.15) is 0 Å². The number of aryl methyl sites for hydroxylation is 1. The van der Waals surface area contributed by atoms with Gasteiger partial charge in [0, 0.05) is 11.5 Å². The summed E-state index contributed by atoms with van der Waals surface area (Å²) in [6.45, 7) is 1.93. The summed E-state index contributed by atoms with van der Waals surface area (Å²) in [7, 11) is 0. The van der Waals surface area contributed by atoms with Crippen LogP contribution in [-0.4, -0.2) is 10.1 Å². The monoisotopic (exact) mass is 229 g/mol. The lowest BCUT2D eigenvalue weighted by Gasteiger charge is -2.21. The molecular formula is C14H15NO2. The third-order valence-corrected chi connectivity index (χ3v) is 3.39. The van der Waals surface area contributed by atoms with Crippen LogP contribution in [0.2, 0.25) is 0 Å². The average molecular weight is 229 g/mol. The number of hydrogen-bond donors (Lipinski definition) is 1. The van der Waals surface area contributed by atoms with Gasteiger partial charge in [-0.3, -0.25) is 0 Å². The average Bonchev–Trinajstić information content (AvgIpc) is 2.57. The van der Waals surface area contributed by atoms with Crippen LogP contribution >= 0.6 is 0 Å². The van der Waals surface area contributed by atoms with E-state index >= 15 is 0 Å². The Morgan fingerprint density at radius 3 is 2.82 bits per heavy atom. The molecule has 0 aliphatic heterocycles. The highest BCUT2D eigenvalue weighted by atomic mass is 16.4. The quantitative estimate of drug-likeness (QED) is 0.855. The summed E-state index contributed by atoms with van der Waals surface area (Å²) >= 11 is 0. The molecule has 3 nitrogen and oxygen atoms in total. The van der Waals surface area contributed by atoms with Crippen LogP contribution in [0.3, 0.4) is 0 Å². The second kappa shape index (κ2) is 3.91. The SMILES string of the molecule is Cc1oc(C2CCC2)nc1-c1cccc(O)c1. The third kappa shape index (κ3) is 1.82. The number of oxazole rings is 1. The minimum atomic E-state index is 0.259. The Morgan fingerprint density at radius 2 is 2.18 bits per heavy atom. The summed E-state index contributed by atoms with van der Waals surface area (Å²) in [5.41, 5.74) is 1.76. The van der Waals surface area contributed by atoms with Gasteiger partial charge in [0.05, 0.1) is 0 Å². The molecule has 0 radical (unpaired) electrons. The van der Waals surface area contributed by atoms with E-state index in [0.717, 1.165) is 22.9 Å². The standard InChI is InChI=1S/C14H15NO2/c1-9-13(11-6-3-7-12(16)8-11)15-14(17-9)10-4-2-5-10/h3,6-8,10,16H,2,4-5H2,1H3. The van der Waals surface area contributed by atoms with Crippen LogP contribution in [0.25, 0.3) is 11.3 Å². The molecule has 88 valence electrons. The first-order valence-corrected chi connectivity index (χ1v) is 6.01. The van der Waals surface area contributed by atoms with E-state index in [1.807, 2.05) is 19.1 Å². The summed E-state index contributed by atoms with van der Waals surface area (Å²) < 4.78 is 5.72. The van der Waals surface area contributed by atoms with Crippen molar-refractivity contribution in [2.45, 2.75) is 32.1 Å². The summed E-state index contributed by atoms with van der Waals surface area (Å²) in [5, 5.41) is 9.48. The van der Waals surface area contributed by atoms with Gasteiger partial charge in [0.1, 0.15) is 17.2 Å². The van der Waals surface area contributed by atoms with Crippen LogP contribution in [0.4, 0.5) is 0 Å². The lowest BCUT2D eigenvalue weighted by atomic mass is 9.85. The third-order valence-electron chi connectivity index (χ3n) is 3.39. The molecule has 3 heteroatoms. The topological polar surface area (TPSA) is 46.3 Å². The highest BCUT2D eigenvalue weighted by Gasteiger charge is 2.25. The number of nitrogens with zero attached hydrogens (tertiary/aromatic N) is 1. The Kier molecular flexibility index (Phi) is 2.39. The summed E-state index contributed by atoms with van der Waals surface area (Å²) in [6.07, 6.45) is 3.63. The zero-order chi connectivity index (χ0) is 11.8. The molecule has 1 aromatic carbocycles. The second-order valence-corrected chi connectivity index (χ2v) is 4.64. The number of rotatable bonds is 2. The van der Waals surface area contributed by atoms with E-state index in [2.05, 4.69) is 4.98 Å². The highest BCUT2D eigenvalue weighted by molar-refractivity contribution is 5.62. The van der Waals surface area contributed by atoms with Gasteiger partial charge >= 0.3 is 0 Å². The van der Waals surface area contributed by atoms with Gasteiger partial charge in [-0.1, -0.05) is 18.6 Å². The van der Waals surface area contributed by atoms with Crippen LogP contribution in [0, 0.1) is 6.92 Å². The molecule has 0 saturated heterocycles. The molecule has 2 aromatic rings. The van der Waals surface area contributed by atoms with Gasteiger partial charge in [-0.15, -0.1) is 0 Å². The van der Waals surface area contributed by atoms with Crippen molar-refractivity contribution in [3.63, 3.8) is 0 Å². The first-order chi connectivity index (χ1) is 8.24. The van der Waals surface area contributed by atoms with Crippen molar-refractivity contribution in [2.24, 2.45) is 0 Å². The number of benzene rings is 1. The molecule has 1 fully saturated rings. The number of phenolic OH excluding ortho intramolecular Hbond substituents is 1. The largest absolute Gasteiger partial charge is 0.508 e. The Morgan fingerprint density at radius 1 is 1.35 bits per heavy atom. The van der Waals surface area contributed by atoms with Gasteiger partial charge in [0.25, 0.3) is 0 Å². The zero-order valence-corrected chi connectivity index (χ0v) is 9.81. The molecule has 0 bridgehead atoms. The molecule has 0 spiro atoms. The molecule has 1 heterocycles. The van der Waals surface area contributed by atoms with Crippen LogP contribution in [0.1, 0.15) is 36.8 Å². The number of aromatic nitrogens is 1. The van der Waals surface area contributed by atoms with Crippen molar-refractivity contribution in [3.05, 3.63) is 35.9 Å². The Labute approximate surface area is 100 Å². The minimum absolute atomic E-state index is 0.259. The first-order valence-electron chi connectivity index (χ1n) is 6.01. The number of aromatic hydroxyl groups is 1. The Bertz CT molecular complexity index is 541. The van der Waals surface area contributed by atoms with Crippen molar-refractivity contribution < 1.29 is 9.52 Å². The van der Waals surface area contributed by atoms with Gasteiger partial charge in [-0.05, 0) is 31.9 Å². The molecule has 1 saturated carbocycles. The summed E-state index contributed by atoms with van der Waals surface area (Å²) in [6, 6.07) is 7.14. The molecule has 1 aliphatic carbocycles. The zero-order valence-electron chi connectivity index (χ0n) is 9.81. The molecule has 17 heavy (non-hydrogen) atoms. The van der Waals surface area contributed by atoms with Crippen LogP contribution in [0.15, 0.2) is 28.7 Å². The molecular weight excluding hydrogens is 214 g/mol. The lowest BCUT2D eigenvalue weighted by Crippen LogP contribution is -2.08. The first kappa shape index (κ1) is 10.4. The number of hydrogen-bond acceptors (Lipinski definition) is 3. The maximum Gasteiger partial charge on any atom is 0.198 e. The summed E-state index contributed by atoms with van der Waals surface area (Å²) in [4.78, 5) is 4.57. The van der Waals surface area contributed by atoms with Crippen molar-refractivity contribution in [2.75, 3.05) is 0 Å². The molecule has 1 aromatic heterocycles. The molecule has 0 amide bonds. The smallest absolute Gasteiger partial charge is 0.198 e. The van der Waals surface area contributed by atoms with Crippen molar-refractivity contribution in [1.82, 2.24) is 4.98 Å². The second-order valence-electron chi connectivity index (χ2n) is 4.64. The molecule has 1 N–H and O–H groups in total. The van der Waals surface area contributed by atoms with E-state index in [4.69, 9.17) is 4.42 Å². The molecule has 3 rings (SSSR count). The summed E-state index contributed by atoms with van der Waals surface area (Å²) in [5.74, 6) is 2.44. The van der Waals surface area contributed by atoms with Crippen molar-refractivity contribution in [1.29, 1.82) is 0 Å². The minimum Gasteiger partial charge on any atom is -0.508 e. The van der Waals surface area contributed by atoms with Gasteiger partial charge in [0.2, 0.25) is 0 Å². The highest BCUT2D eigenvalue weighted by Crippen LogP contribution is 2.38. The normalized spacial score (nSPS) is 15.8. The predicted molar refractivity (Wildman–Crippen MR) is 64.9 cm³/mol. The van der Waals surface area contributed by atoms with Gasteiger partial charge in [0.15, 0.2) is 5.89 Å². The van der Waals surface area contributed by atoms with E-state index in [-0.39, 0.29) is 5.75 Å². The van der Waals surface area contributed by atoms with Crippen LogP contribution in [-0.2, 0) is 0 Å². The Balaban J connectivity index is 1.99. The van der Waals surface area contributed by atoms with Crippen LogP contribution < -0.4 is 0 Å². The molecule has 1 aliphatic rings. The van der Waals surface area contributed by atoms with E-state index < -0.39 is 0 Å². The van der Waals surface area contributed by atoms with Gasteiger partial charge < -0.3 is 9.52 Å². The fourth-order valence-corrected chi connectivity index (χ4v) is 2.17. The Hall–Kier alpha value is -1.77. The van der Waals surface area contributed by atoms with E-state index in [9.17, 15) is 5.11 Å². The van der Waals surface area contributed by atoms with E-state index in [0.29, 0.717) is 5.92 Å². The molecule has 0 unspecified atom stereocenters. The maximum atomic E-state index is 9.48.